The lowest BCUT2D eigenvalue weighted by molar-refractivity contribution is 0.129. The van der Waals surface area contributed by atoms with Gasteiger partial charge in [0, 0.05) is 31.2 Å². The first kappa shape index (κ1) is 13.5. The van der Waals surface area contributed by atoms with E-state index in [1.807, 2.05) is 6.07 Å². The van der Waals surface area contributed by atoms with Crippen molar-refractivity contribution >= 4 is 15.7 Å². The Morgan fingerprint density at radius 1 is 1.24 bits per heavy atom. The van der Waals surface area contributed by atoms with Crippen molar-refractivity contribution in [3.8, 4) is 0 Å². The fraction of sp³-hybridized carbons (Fsp3) is 0.600. The van der Waals surface area contributed by atoms with Crippen molar-refractivity contribution in [3.63, 3.8) is 0 Å². The number of fused-ring (bicyclic) bond motifs is 2. The minimum Gasteiger partial charge on any atom is -0.393 e. The van der Waals surface area contributed by atoms with Crippen LogP contribution in [0.25, 0.3) is 0 Å². The van der Waals surface area contributed by atoms with Crippen LogP contribution in [0.5, 0.6) is 0 Å². The summed E-state index contributed by atoms with van der Waals surface area (Å²) >= 11 is 0. The number of aliphatic hydroxyl groups is 1. The zero-order valence-corrected chi connectivity index (χ0v) is 12.6. The molecule has 0 aromatic heterocycles. The topological polar surface area (TPSA) is 69.6 Å². The number of sulfonamides is 1. The van der Waals surface area contributed by atoms with E-state index in [1.54, 1.807) is 16.4 Å². The molecular formula is C15H20N2O3S. The fourth-order valence-electron chi connectivity index (χ4n) is 3.98. The zero-order chi connectivity index (χ0) is 14.6. The molecule has 1 aromatic carbocycles. The van der Waals surface area contributed by atoms with Crippen molar-refractivity contribution < 1.29 is 13.5 Å². The average molecular weight is 308 g/mol. The molecule has 0 amide bonds. The predicted octanol–water partition coefficient (Wildman–Crippen LogP) is 1.05. The maximum absolute atomic E-state index is 12.8. The summed E-state index contributed by atoms with van der Waals surface area (Å²) in [6.45, 7) is 1.89. The van der Waals surface area contributed by atoms with Crippen molar-refractivity contribution in [2.45, 2.75) is 30.3 Å². The molecule has 3 atom stereocenters. The first-order valence-electron chi connectivity index (χ1n) is 7.61. The largest absolute Gasteiger partial charge is 0.393 e. The van der Waals surface area contributed by atoms with Gasteiger partial charge in [-0.1, -0.05) is 0 Å². The van der Waals surface area contributed by atoms with Crippen LogP contribution in [-0.4, -0.2) is 43.6 Å². The highest BCUT2D eigenvalue weighted by molar-refractivity contribution is 7.89. The molecule has 3 aliphatic rings. The monoisotopic (exact) mass is 308 g/mol. The minimum absolute atomic E-state index is 0.121. The normalized spacial score (nSPS) is 32.0. The number of hydrogen-bond acceptors (Lipinski definition) is 4. The molecule has 2 heterocycles. The average Bonchev–Trinajstić information content (AvgIpc) is 3.15. The molecule has 0 bridgehead atoms. The van der Waals surface area contributed by atoms with E-state index in [2.05, 4.69) is 5.32 Å². The van der Waals surface area contributed by atoms with E-state index in [4.69, 9.17) is 0 Å². The van der Waals surface area contributed by atoms with Gasteiger partial charge in [-0.25, -0.2) is 8.42 Å². The summed E-state index contributed by atoms with van der Waals surface area (Å²) in [5, 5.41) is 13.2. The molecule has 1 aromatic rings. The molecule has 114 valence electrons. The molecule has 1 saturated carbocycles. The summed E-state index contributed by atoms with van der Waals surface area (Å²) in [4.78, 5) is 0.388. The standard InChI is InChI=1S/C15H20N2O3S/c18-15-4-1-11-8-17(9-13(11)15)21(19,20)12-2-3-14-10(7-12)5-6-16-14/h2-3,7,11,13,15-16,18H,1,4-6,8-9H2. The van der Waals surface area contributed by atoms with Crippen LogP contribution in [0.15, 0.2) is 23.1 Å². The summed E-state index contributed by atoms with van der Waals surface area (Å²) in [6, 6.07) is 5.35. The number of nitrogens with zero attached hydrogens (tertiary/aromatic N) is 1. The minimum atomic E-state index is -3.43. The third kappa shape index (κ3) is 2.08. The molecule has 2 fully saturated rings. The quantitative estimate of drug-likeness (QED) is 0.857. The smallest absolute Gasteiger partial charge is 0.243 e. The van der Waals surface area contributed by atoms with Gasteiger partial charge >= 0.3 is 0 Å². The lowest BCUT2D eigenvalue weighted by atomic mass is 10.00. The molecule has 1 aliphatic carbocycles. The molecule has 4 rings (SSSR count). The maximum atomic E-state index is 12.8. The van der Waals surface area contributed by atoms with E-state index in [0.717, 1.165) is 37.1 Å². The van der Waals surface area contributed by atoms with Crippen LogP contribution in [0.2, 0.25) is 0 Å². The molecular weight excluding hydrogens is 288 g/mol. The Labute approximate surface area is 125 Å². The van der Waals surface area contributed by atoms with Gasteiger partial charge in [0.05, 0.1) is 11.0 Å². The maximum Gasteiger partial charge on any atom is 0.243 e. The van der Waals surface area contributed by atoms with Crippen LogP contribution in [0.3, 0.4) is 0 Å². The van der Waals surface area contributed by atoms with Crippen molar-refractivity contribution in [3.05, 3.63) is 23.8 Å². The van der Waals surface area contributed by atoms with E-state index in [9.17, 15) is 13.5 Å². The molecule has 0 radical (unpaired) electrons. The van der Waals surface area contributed by atoms with Crippen LogP contribution in [0.4, 0.5) is 5.69 Å². The van der Waals surface area contributed by atoms with Crippen LogP contribution in [-0.2, 0) is 16.4 Å². The third-order valence-electron chi connectivity index (χ3n) is 5.21. The summed E-state index contributed by atoms with van der Waals surface area (Å²) in [7, 11) is -3.43. The van der Waals surface area contributed by atoms with Crippen molar-refractivity contribution in [1.82, 2.24) is 4.31 Å². The molecule has 0 spiro atoms. The summed E-state index contributed by atoms with van der Waals surface area (Å²) in [5.41, 5.74) is 2.12. The van der Waals surface area contributed by atoms with Crippen molar-refractivity contribution in [2.75, 3.05) is 25.0 Å². The number of aliphatic hydroxyl groups excluding tert-OH is 1. The predicted molar refractivity (Wildman–Crippen MR) is 79.6 cm³/mol. The van der Waals surface area contributed by atoms with Gasteiger partial charge in [-0.3, -0.25) is 0 Å². The van der Waals surface area contributed by atoms with E-state index in [0.29, 0.717) is 23.9 Å². The van der Waals surface area contributed by atoms with Gasteiger partial charge in [0.25, 0.3) is 0 Å². The van der Waals surface area contributed by atoms with Gasteiger partial charge in [-0.2, -0.15) is 4.31 Å². The van der Waals surface area contributed by atoms with Crippen molar-refractivity contribution in [1.29, 1.82) is 0 Å². The molecule has 6 heteroatoms. The van der Waals surface area contributed by atoms with E-state index in [1.165, 1.54) is 0 Å². The van der Waals surface area contributed by atoms with Crippen LogP contribution >= 0.6 is 0 Å². The van der Waals surface area contributed by atoms with Gasteiger partial charge in [-0.05, 0) is 48.9 Å². The highest BCUT2D eigenvalue weighted by atomic mass is 32.2. The third-order valence-corrected chi connectivity index (χ3v) is 7.04. The van der Waals surface area contributed by atoms with Crippen LogP contribution in [0.1, 0.15) is 18.4 Å². The Morgan fingerprint density at radius 2 is 2.10 bits per heavy atom. The van der Waals surface area contributed by atoms with Crippen LogP contribution < -0.4 is 5.32 Å². The SMILES string of the molecule is O=S(=O)(c1ccc2c(c1)CCN2)N1CC2CCC(O)C2C1. The number of hydrogen-bond donors (Lipinski definition) is 2. The Kier molecular flexibility index (Phi) is 3.03. The molecule has 1 saturated heterocycles. The second kappa shape index (κ2) is 4.69. The molecule has 3 unspecified atom stereocenters. The number of anilines is 1. The van der Waals surface area contributed by atoms with Gasteiger partial charge in [-0.15, -0.1) is 0 Å². The highest BCUT2D eigenvalue weighted by Crippen LogP contribution is 2.40. The van der Waals surface area contributed by atoms with Crippen molar-refractivity contribution in [2.24, 2.45) is 11.8 Å². The first-order chi connectivity index (χ1) is 10.1. The Morgan fingerprint density at radius 3 is 2.90 bits per heavy atom. The second-order valence-electron chi connectivity index (χ2n) is 6.39. The van der Waals surface area contributed by atoms with Gasteiger partial charge in [0.15, 0.2) is 0 Å². The van der Waals surface area contributed by atoms with Gasteiger partial charge < -0.3 is 10.4 Å². The highest BCUT2D eigenvalue weighted by Gasteiger charge is 2.45. The number of nitrogens with one attached hydrogen (secondary N) is 1. The molecule has 5 nitrogen and oxygen atoms in total. The lowest BCUT2D eigenvalue weighted by Gasteiger charge is -2.18. The summed E-state index contributed by atoms with van der Waals surface area (Å²) in [6.07, 6.45) is 2.29. The fourth-order valence-corrected chi connectivity index (χ4v) is 5.57. The lowest BCUT2D eigenvalue weighted by Crippen LogP contribution is -2.31. The Hall–Kier alpha value is -1.11. The van der Waals surface area contributed by atoms with E-state index in [-0.39, 0.29) is 12.0 Å². The van der Waals surface area contributed by atoms with E-state index >= 15 is 0 Å². The number of benzene rings is 1. The summed E-state index contributed by atoms with van der Waals surface area (Å²) in [5.74, 6) is 0.446. The number of rotatable bonds is 2. The summed E-state index contributed by atoms with van der Waals surface area (Å²) < 4.78 is 27.2. The molecule has 21 heavy (non-hydrogen) atoms. The van der Waals surface area contributed by atoms with E-state index < -0.39 is 10.0 Å². The first-order valence-corrected chi connectivity index (χ1v) is 9.05. The van der Waals surface area contributed by atoms with Crippen LogP contribution in [0, 0.1) is 11.8 Å². The van der Waals surface area contributed by atoms with Gasteiger partial charge in [0.2, 0.25) is 10.0 Å². The van der Waals surface area contributed by atoms with Gasteiger partial charge in [0.1, 0.15) is 0 Å². The Balaban J connectivity index is 1.62. The molecule has 2 N–H and O–H groups in total. The Bertz CT molecular complexity index is 673. The molecule has 2 aliphatic heterocycles. The zero-order valence-electron chi connectivity index (χ0n) is 11.8. The second-order valence-corrected chi connectivity index (χ2v) is 8.32.